The molecule has 3 aromatic heterocycles. The van der Waals surface area contributed by atoms with Crippen LogP contribution in [0.4, 0.5) is 4.39 Å². The average Bonchev–Trinajstić information content (AvgIpc) is 3.29. The van der Waals surface area contributed by atoms with E-state index in [1.807, 2.05) is 23.8 Å². The highest BCUT2D eigenvalue weighted by Gasteiger charge is 2.17. The summed E-state index contributed by atoms with van der Waals surface area (Å²) in [5.41, 5.74) is 3.81. The highest BCUT2D eigenvalue weighted by atomic mass is 19.1. The first-order valence-electron chi connectivity index (χ1n) is 9.41. The first kappa shape index (κ1) is 20.4. The molecule has 31 heavy (non-hydrogen) atoms. The Balaban J connectivity index is 1.69. The molecule has 0 radical (unpaired) electrons. The van der Waals surface area contributed by atoms with E-state index in [1.54, 1.807) is 30.6 Å². The van der Waals surface area contributed by atoms with Gasteiger partial charge in [0.05, 0.1) is 31.2 Å². The fourth-order valence-electron chi connectivity index (χ4n) is 3.18. The van der Waals surface area contributed by atoms with Gasteiger partial charge in [0, 0.05) is 24.2 Å². The SMILES string of the molecule is COc1ncc(-c2cc(-n3ccc(C(O)c4ccc(F)cc4)c3)c(C)nn2)c(OC)n1. The molecule has 0 saturated carbocycles. The van der Waals surface area contributed by atoms with Crippen molar-refractivity contribution >= 4 is 0 Å². The molecule has 0 fully saturated rings. The summed E-state index contributed by atoms with van der Waals surface area (Å²) in [6.45, 7) is 1.84. The molecule has 9 heteroatoms. The Hall–Kier alpha value is -3.85. The first-order chi connectivity index (χ1) is 15.0. The summed E-state index contributed by atoms with van der Waals surface area (Å²) in [7, 11) is 2.98. The van der Waals surface area contributed by atoms with Gasteiger partial charge in [0.25, 0.3) is 0 Å². The van der Waals surface area contributed by atoms with Crippen LogP contribution in [0.15, 0.2) is 55.0 Å². The minimum Gasteiger partial charge on any atom is -0.480 e. The van der Waals surface area contributed by atoms with Crippen LogP contribution in [0.5, 0.6) is 11.9 Å². The van der Waals surface area contributed by atoms with Crippen molar-refractivity contribution in [1.82, 2.24) is 24.7 Å². The summed E-state index contributed by atoms with van der Waals surface area (Å²) in [6.07, 6.45) is 4.29. The molecule has 0 saturated heterocycles. The zero-order chi connectivity index (χ0) is 22.0. The van der Waals surface area contributed by atoms with Gasteiger partial charge in [-0.1, -0.05) is 12.1 Å². The average molecular weight is 421 g/mol. The van der Waals surface area contributed by atoms with E-state index in [2.05, 4.69) is 20.2 Å². The number of hydrogen-bond donors (Lipinski definition) is 1. The van der Waals surface area contributed by atoms with E-state index < -0.39 is 6.10 Å². The third-order valence-corrected chi connectivity index (χ3v) is 4.83. The Morgan fingerprint density at radius 2 is 1.81 bits per heavy atom. The van der Waals surface area contributed by atoms with Gasteiger partial charge < -0.3 is 19.1 Å². The van der Waals surface area contributed by atoms with Gasteiger partial charge >= 0.3 is 6.01 Å². The lowest BCUT2D eigenvalue weighted by atomic mass is 10.0. The maximum atomic E-state index is 13.2. The summed E-state index contributed by atoms with van der Waals surface area (Å²) in [5.74, 6) is -0.0339. The highest BCUT2D eigenvalue weighted by Crippen LogP contribution is 2.30. The van der Waals surface area contributed by atoms with Crippen LogP contribution in [0.3, 0.4) is 0 Å². The fraction of sp³-hybridized carbons (Fsp3) is 0.182. The molecule has 0 spiro atoms. The van der Waals surface area contributed by atoms with E-state index >= 15 is 0 Å². The Kier molecular flexibility index (Phi) is 5.59. The third kappa shape index (κ3) is 4.08. The number of nitrogens with zero attached hydrogens (tertiary/aromatic N) is 5. The molecule has 0 aliphatic carbocycles. The van der Waals surface area contributed by atoms with Crippen molar-refractivity contribution in [2.45, 2.75) is 13.0 Å². The number of rotatable bonds is 6. The van der Waals surface area contributed by atoms with Crippen molar-refractivity contribution < 1.29 is 19.0 Å². The van der Waals surface area contributed by atoms with Gasteiger partial charge in [0.15, 0.2) is 0 Å². The van der Waals surface area contributed by atoms with Crippen LogP contribution in [-0.2, 0) is 0 Å². The lowest BCUT2D eigenvalue weighted by molar-refractivity contribution is 0.220. The summed E-state index contributed by atoms with van der Waals surface area (Å²) >= 11 is 0. The molecule has 158 valence electrons. The molecule has 3 heterocycles. The fourth-order valence-corrected chi connectivity index (χ4v) is 3.18. The molecule has 4 rings (SSSR count). The largest absolute Gasteiger partial charge is 0.480 e. The van der Waals surface area contributed by atoms with E-state index in [4.69, 9.17) is 9.47 Å². The second kappa shape index (κ2) is 8.49. The van der Waals surface area contributed by atoms with E-state index in [0.29, 0.717) is 34.0 Å². The minimum atomic E-state index is -0.883. The van der Waals surface area contributed by atoms with Crippen molar-refractivity contribution in [3.05, 3.63) is 77.6 Å². The number of aliphatic hydroxyl groups excluding tert-OH is 1. The molecular formula is C22H20FN5O3. The monoisotopic (exact) mass is 421 g/mol. The first-order valence-corrected chi connectivity index (χ1v) is 9.41. The Labute approximate surface area is 178 Å². The highest BCUT2D eigenvalue weighted by molar-refractivity contribution is 5.66. The number of aliphatic hydroxyl groups is 1. The van der Waals surface area contributed by atoms with Crippen molar-refractivity contribution in [2.24, 2.45) is 0 Å². The zero-order valence-corrected chi connectivity index (χ0v) is 17.2. The molecule has 1 atom stereocenters. The topological polar surface area (TPSA) is 95.2 Å². The van der Waals surface area contributed by atoms with Gasteiger partial charge in [-0.3, -0.25) is 0 Å². The van der Waals surface area contributed by atoms with Crippen LogP contribution in [-0.4, -0.2) is 44.1 Å². The van der Waals surface area contributed by atoms with Crippen molar-refractivity contribution in [3.63, 3.8) is 0 Å². The second-order valence-electron chi connectivity index (χ2n) is 6.79. The van der Waals surface area contributed by atoms with Gasteiger partial charge in [-0.25, -0.2) is 9.37 Å². The van der Waals surface area contributed by atoms with Gasteiger partial charge in [-0.05, 0) is 36.8 Å². The van der Waals surface area contributed by atoms with Crippen molar-refractivity contribution in [2.75, 3.05) is 14.2 Å². The molecule has 0 bridgehead atoms. The summed E-state index contributed by atoms with van der Waals surface area (Å²) in [6, 6.07) is 9.58. The summed E-state index contributed by atoms with van der Waals surface area (Å²) < 4.78 is 25.4. The number of halogens is 1. The van der Waals surface area contributed by atoms with E-state index in [9.17, 15) is 9.50 Å². The predicted molar refractivity (Wildman–Crippen MR) is 111 cm³/mol. The molecular weight excluding hydrogens is 401 g/mol. The lowest BCUT2D eigenvalue weighted by Crippen LogP contribution is -2.03. The second-order valence-corrected chi connectivity index (χ2v) is 6.79. The lowest BCUT2D eigenvalue weighted by Gasteiger charge is -2.11. The maximum Gasteiger partial charge on any atom is 0.319 e. The molecule has 8 nitrogen and oxygen atoms in total. The summed E-state index contributed by atoms with van der Waals surface area (Å²) in [4.78, 5) is 8.31. The molecule has 4 aromatic rings. The standard InChI is InChI=1S/C22H20FN5O3/c1-13-19(10-18(27-26-13)17-11-24-22(31-3)25-21(17)30-2)28-9-8-15(12-28)20(29)14-4-6-16(23)7-5-14/h4-12,20,29H,1-3H3. The number of ether oxygens (including phenoxy) is 2. The van der Waals surface area contributed by atoms with Gasteiger partial charge in [-0.2, -0.15) is 10.1 Å². The number of benzene rings is 1. The van der Waals surface area contributed by atoms with Gasteiger partial charge in [-0.15, -0.1) is 5.10 Å². The number of hydrogen-bond acceptors (Lipinski definition) is 7. The number of aryl methyl sites for hydroxylation is 1. The van der Waals surface area contributed by atoms with E-state index in [1.165, 1.54) is 26.4 Å². The molecule has 0 aliphatic heterocycles. The normalized spacial score (nSPS) is 11.9. The number of methoxy groups -OCH3 is 2. The van der Waals surface area contributed by atoms with Crippen molar-refractivity contribution in [1.29, 1.82) is 0 Å². The van der Waals surface area contributed by atoms with Crippen LogP contribution in [0.1, 0.15) is 22.9 Å². The Morgan fingerprint density at radius 1 is 1.03 bits per heavy atom. The molecule has 0 amide bonds. The van der Waals surface area contributed by atoms with Crippen LogP contribution < -0.4 is 9.47 Å². The maximum absolute atomic E-state index is 13.2. The number of aromatic nitrogens is 5. The van der Waals surface area contributed by atoms with Crippen LogP contribution in [0, 0.1) is 12.7 Å². The van der Waals surface area contributed by atoms with Gasteiger partial charge in [0.2, 0.25) is 5.88 Å². The van der Waals surface area contributed by atoms with Crippen molar-refractivity contribution in [3.8, 4) is 28.8 Å². The Morgan fingerprint density at radius 3 is 2.52 bits per heavy atom. The smallest absolute Gasteiger partial charge is 0.319 e. The van der Waals surface area contributed by atoms with E-state index in [-0.39, 0.29) is 11.8 Å². The molecule has 1 aromatic carbocycles. The molecule has 0 aliphatic rings. The summed E-state index contributed by atoms with van der Waals surface area (Å²) in [5, 5.41) is 19.2. The van der Waals surface area contributed by atoms with Crippen LogP contribution >= 0.6 is 0 Å². The predicted octanol–water partition coefficient (Wildman–Crippen LogP) is 3.27. The van der Waals surface area contributed by atoms with Crippen LogP contribution in [0.25, 0.3) is 16.9 Å². The zero-order valence-electron chi connectivity index (χ0n) is 17.2. The van der Waals surface area contributed by atoms with Gasteiger partial charge in [0.1, 0.15) is 17.6 Å². The molecule has 1 unspecified atom stereocenters. The van der Waals surface area contributed by atoms with E-state index in [0.717, 1.165) is 5.69 Å². The quantitative estimate of drug-likeness (QED) is 0.510. The minimum absolute atomic E-state index is 0.186. The van der Waals surface area contributed by atoms with Crippen LogP contribution in [0.2, 0.25) is 0 Å². The Bertz CT molecular complexity index is 1210. The molecule has 1 N–H and O–H groups in total. The third-order valence-electron chi connectivity index (χ3n) is 4.83.